The summed E-state index contributed by atoms with van der Waals surface area (Å²) in [5, 5.41) is 3.33. The highest BCUT2D eigenvalue weighted by atomic mass is 32.2. The largest absolute Gasteiger partial charge is 0.337 e. The molecule has 1 aromatic heterocycles. The molecule has 0 saturated carbocycles. The average molecular weight is 261 g/mol. The molecule has 0 spiro atoms. The van der Waals surface area contributed by atoms with Crippen LogP contribution in [0.3, 0.4) is 0 Å². The first-order chi connectivity index (χ1) is 8.79. The quantitative estimate of drug-likeness (QED) is 0.811. The van der Waals surface area contributed by atoms with Gasteiger partial charge in [0.2, 0.25) is 0 Å². The molecule has 96 valence electrons. The van der Waals surface area contributed by atoms with Crippen LogP contribution in [0.2, 0.25) is 0 Å². The highest BCUT2D eigenvalue weighted by molar-refractivity contribution is 7.98. The normalized spacial score (nSPS) is 10.8. The number of hydrogen-bond donors (Lipinski definition) is 1. The van der Waals surface area contributed by atoms with Gasteiger partial charge in [-0.15, -0.1) is 11.8 Å². The lowest BCUT2D eigenvalue weighted by molar-refractivity contribution is 0.726. The first-order valence-electron chi connectivity index (χ1n) is 6.18. The summed E-state index contributed by atoms with van der Waals surface area (Å²) in [6.07, 6.45) is 3.82. The van der Waals surface area contributed by atoms with Gasteiger partial charge in [0.05, 0.1) is 5.75 Å². The van der Waals surface area contributed by atoms with Crippen molar-refractivity contribution in [3.05, 3.63) is 48.0 Å². The van der Waals surface area contributed by atoms with Crippen LogP contribution in [-0.4, -0.2) is 16.1 Å². The minimum Gasteiger partial charge on any atom is -0.337 e. The molecule has 0 aliphatic carbocycles. The molecule has 0 amide bonds. The monoisotopic (exact) mass is 261 g/mol. The summed E-state index contributed by atoms with van der Waals surface area (Å²) in [5.74, 6) is 2.02. The smallest absolute Gasteiger partial charge is 0.118 e. The molecule has 2 rings (SSSR count). The number of nitrogens with one attached hydrogen (secondary N) is 1. The SMILES string of the molecule is CCNCc1ccc(SCc2nccn2C)cc1. The van der Waals surface area contributed by atoms with Gasteiger partial charge in [-0.2, -0.15) is 0 Å². The van der Waals surface area contributed by atoms with E-state index in [1.807, 2.05) is 31.2 Å². The summed E-state index contributed by atoms with van der Waals surface area (Å²) in [6, 6.07) is 8.73. The van der Waals surface area contributed by atoms with Crippen molar-refractivity contribution in [3.8, 4) is 0 Å². The van der Waals surface area contributed by atoms with Gasteiger partial charge in [0.15, 0.2) is 0 Å². The second-order valence-corrected chi connectivity index (χ2v) is 5.22. The van der Waals surface area contributed by atoms with E-state index in [2.05, 4.69) is 46.1 Å². The van der Waals surface area contributed by atoms with Gasteiger partial charge < -0.3 is 9.88 Å². The van der Waals surface area contributed by atoms with Crippen molar-refractivity contribution in [3.63, 3.8) is 0 Å². The van der Waals surface area contributed by atoms with Crippen LogP contribution in [0, 0.1) is 0 Å². The van der Waals surface area contributed by atoms with Crippen molar-refractivity contribution in [1.82, 2.24) is 14.9 Å². The van der Waals surface area contributed by atoms with Crippen molar-refractivity contribution in [2.45, 2.75) is 24.1 Å². The van der Waals surface area contributed by atoms with Gasteiger partial charge in [-0.3, -0.25) is 0 Å². The molecule has 0 atom stereocenters. The lowest BCUT2D eigenvalue weighted by Crippen LogP contribution is -2.11. The molecule has 0 saturated heterocycles. The summed E-state index contributed by atoms with van der Waals surface area (Å²) in [5.41, 5.74) is 1.33. The maximum atomic E-state index is 4.32. The van der Waals surface area contributed by atoms with E-state index in [1.165, 1.54) is 10.5 Å². The minimum absolute atomic E-state index is 0.913. The van der Waals surface area contributed by atoms with Crippen molar-refractivity contribution in [2.24, 2.45) is 7.05 Å². The Hall–Kier alpha value is -1.26. The number of aryl methyl sites for hydroxylation is 1. The van der Waals surface area contributed by atoms with Crippen LogP contribution >= 0.6 is 11.8 Å². The molecule has 2 aromatic rings. The van der Waals surface area contributed by atoms with Crippen LogP contribution in [-0.2, 0) is 19.3 Å². The van der Waals surface area contributed by atoms with E-state index in [0.717, 1.165) is 24.7 Å². The third kappa shape index (κ3) is 3.62. The van der Waals surface area contributed by atoms with Crippen molar-refractivity contribution in [1.29, 1.82) is 0 Å². The van der Waals surface area contributed by atoms with E-state index in [0.29, 0.717) is 0 Å². The molecule has 0 fully saturated rings. The number of imidazole rings is 1. The molecule has 3 nitrogen and oxygen atoms in total. The van der Waals surface area contributed by atoms with Crippen LogP contribution < -0.4 is 5.32 Å². The van der Waals surface area contributed by atoms with Gasteiger partial charge in [0, 0.05) is 30.9 Å². The molecule has 0 bridgehead atoms. The van der Waals surface area contributed by atoms with E-state index in [9.17, 15) is 0 Å². The predicted octanol–water partition coefficient (Wildman–Crippen LogP) is 2.82. The molecule has 18 heavy (non-hydrogen) atoms. The number of rotatable bonds is 6. The number of thioether (sulfide) groups is 1. The Morgan fingerprint density at radius 2 is 2.06 bits per heavy atom. The minimum atomic E-state index is 0.913. The Balaban J connectivity index is 1.88. The van der Waals surface area contributed by atoms with Gasteiger partial charge >= 0.3 is 0 Å². The molecular weight excluding hydrogens is 242 g/mol. The van der Waals surface area contributed by atoms with Crippen LogP contribution in [0.15, 0.2) is 41.6 Å². The molecule has 0 aliphatic heterocycles. The second-order valence-electron chi connectivity index (χ2n) is 4.17. The van der Waals surface area contributed by atoms with Gasteiger partial charge in [-0.1, -0.05) is 19.1 Å². The number of hydrogen-bond acceptors (Lipinski definition) is 3. The predicted molar refractivity (Wildman–Crippen MR) is 76.6 cm³/mol. The zero-order valence-corrected chi connectivity index (χ0v) is 11.7. The molecule has 4 heteroatoms. The third-order valence-electron chi connectivity index (χ3n) is 2.79. The first kappa shape index (κ1) is 13.2. The zero-order chi connectivity index (χ0) is 12.8. The molecule has 1 aromatic carbocycles. The zero-order valence-electron chi connectivity index (χ0n) is 10.9. The van der Waals surface area contributed by atoms with Crippen LogP contribution in [0.1, 0.15) is 18.3 Å². The Morgan fingerprint density at radius 3 is 2.67 bits per heavy atom. The molecule has 1 heterocycles. The Labute approximate surface area is 113 Å². The van der Waals surface area contributed by atoms with Gasteiger partial charge in [0.25, 0.3) is 0 Å². The van der Waals surface area contributed by atoms with Gasteiger partial charge in [0.1, 0.15) is 5.82 Å². The number of benzene rings is 1. The Morgan fingerprint density at radius 1 is 1.28 bits per heavy atom. The maximum Gasteiger partial charge on any atom is 0.118 e. The fraction of sp³-hybridized carbons (Fsp3) is 0.357. The van der Waals surface area contributed by atoms with Crippen molar-refractivity contribution >= 4 is 11.8 Å². The van der Waals surface area contributed by atoms with E-state index < -0.39 is 0 Å². The van der Waals surface area contributed by atoms with E-state index in [4.69, 9.17) is 0 Å². The summed E-state index contributed by atoms with van der Waals surface area (Å²) >= 11 is 1.82. The van der Waals surface area contributed by atoms with Gasteiger partial charge in [-0.05, 0) is 24.2 Å². The Kier molecular flexibility index (Phi) is 4.84. The van der Waals surface area contributed by atoms with Gasteiger partial charge in [-0.25, -0.2) is 4.98 Å². The lowest BCUT2D eigenvalue weighted by atomic mass is 10.2. The lowest BCUT2D eigenvalue weighted by Gasteiger charge is -2.05. The van der Waals surface area contributed by atoms with E-state index in [1.54, 1.807) is 0 Å². The number of aromatic nitrogens is 2. The fourth-order valence-electron chi connectivity index (χ4n) is 1.66. The highest BCUT2D eigenvalue weighted by Crippen LogP contribution is 2.22. The fourth-order valence-corrected chi connectivity index (χ4v) is 2.56. The molecule has 1 N–H and O–H groups in total. The molecule has 0 radical (unpaired) electrons. The molecule has 0 unspecified atom stereocenters. The molecular formula is C14H19N3S. The van der Waals surface area contributed by atoms with Crippen LogP contribution in [0.4, 0.5) is 0 Å². The summed E-state index contributed by atoms with van der Waals surface area (Å²) in [6.45, 7) is 4.08. The van der Waals surface area contributed by atoms with Crippen LogP contribution in [0.5, 0.6) is 0 Å². The first-order valence-corrected chi connectivity index (χ1v) is 7.17. The standard InChI is InChI=1S/C14H19N3S/c1-3-15-10-12-4-6-13(7-5-12)18-11-14-16-8-9-17(14)2/h4-9,15H,3,10-11H2,1-2H3. The average Bonchev–Trinajstić information content (AvgIpc) is 2.81. The summed E-state index contributed by atoms with van der Waals surface area (Å²) in [4.78, 5) is 5.61. The topological polar surface area (TPSA) is 29.9 Å². The van der Waals surface area contributed by atoms with Crippen LogP contribution in [0.25, 0.3) is 0 Å². The van der Waals surface area contributed by atoms with Crippen molar-refractivity contribution in [2.75, 3.05) is 6.54 Å². The highest BCUT2D eigenvalue weighted by Gasteiger charge is 2.01. The van der Waals surface area contributed by atoms with Crippen molar-refractivity contribution < 1.29 is 0 Å². The molecule has 0 aliphatic rings. The van der Waals surface area contributed by atoms with E-state index in [-0.39, 0.29) is 0 Å². The maximum absolute atomic E-state index is 4.32. The number of nitrogens with zero attached hydrogens (tertiary/aromatic N) is 2. The second kappa shape index (κ2) is 6.61. The third-order valence-corrected chi connectivity index (χ3v) is 3.80. The van der Waals surface area contributed by atoms with E-state index >= 15 is 0 Å². The Bertz CT molecular complexity index is 476. The summed E-state index contributed by atoms with van der Waals surface area (Å²) < 4.78 is 2.06. The summed E-state index contributed by atoms with van der Waals surface area (Å²) in [7, 11) is 2.03.